The molecule has 1 atom stereocenters. The minimum atomic E-state index is -3.60. The van der Waals surface area contributed by atoms with E-state index in [9.17, 15) is 18.0 Å². The monoisotopic (exact) mass is 499 g/mol. The number of halogens is 3. The maximum Gasteiger partial charge on any atom is 0.426 e. The second-order valence-electron chi connectivity index (χ2n) is 7.80. The number of hydrogen-bond donors (Lipinski definition) is 2. The summed E-state index contributed by atoms with van der Waals surface area (Å²) in [5.74, 6) is -0.760. The number of carbonyl (C=O) groups is 1. The summed E-state index contributed by atoms with van der Waals surface area (Å²) in [7, 11) is 0. The molecule has 0 bridgehead atoms. The molecule has 0 saturated heterocycles. The Balaban J connectivity index is 1.52. The van der Waals surface area contributed by atoms with Crippen LogP contribution < -0.4 is 20.9 Å². The first-order chi connectivity index (χ1) is 17.2. The Morgan fingerprint density at radius 2 is 1.67 bits per heavy atom. The first-order valence-electron chi connectivity index (χ1n) is 11.0. The molecule has 0 aliphatic carbocycles. The molecule has 4 N–H and O–H groups in total. The SMILES string of the molecule is [CH2]C(COC(=O)/C=C/c1ccc(OC(F)(F)c2ccc(OCCF)cc2)cc1)c1ccc(N)cc1N. The second kappa shape index (κ2) is 12.0. The highest BCUT2D eigenvalue weighted by atomic mass is 19.3. The van der Waals surface area contributed by atoms with Crippen LogP contribution in [-0.4, -0.2) is 25.9 Å². The van der Waals surface area contributed by atoms with Gasteiger partial charge in [0.05, 0.1) is 12.2 Å². The van der Waals surface area contributed by atoms with Crippen molar-refractivity contribution in [2.24, 2.45) is 0 Å². The molecule has 0 aromatic heterocycles. The Hall–Kier alpha value is -4.14. The topological polar surface area (TPSA) is 96.8 Å². The zero-order chi connectivity index (χ0) is 26.1. The molecule has 1 unspecified atom stereocenters. The van der Waals surface area contributed by atoms with E-state index in [1.165, 1.54) is 48.6 Å². The summed E-state index contributed by atoms with van der Waals surface area (Å²) in [6, 6.07) is 15.7. The van der Waals surface area contributed by atoms with Gasteiger partial charge in [0.1, 0.15) is 24.8 Å². The summed E-state index contributed by atoms with van der Waals surface area (Å²) < 4.78 is 56.2. The summed E-state index contributed by atoms with van der Waals surface area (Å²) in [5, 5.41) is 0. The molecule has 3 rings (SSSR count). The molecule has 189 valence electrons. The lowest BCUT2D eigenvalue weighted by atomic mass is 10.00. The van der Waals surface area contributed by atoms with Gasteiger partial charge in [0.2, 0.25) is 0 Å². The number of hydrogen-bond acceptors (Lipinski definition) is 6. The van der Waals surface area contributed by atoms with Gasteiger partial charge in [-0.15, -0.1) is 0 Å². The summed E-state index contributed by atoms with van der Waals surface area (Å²) in [5.41, 5.74) is 13.5. The van der Waals surface area contributed by atoms with Gasteiger partial charge in [-0.1, -0.05) is 18.2 Å². The van der Waals surface area contributed by atoms with Crippen LogP contribution >= 0.6 is 0 Å². The van der Waals surface area contributed by atoms with E-state index >= 15 is 0 Å². The minimum Gasteiger partial charge on any atom is -0.491 e. The van der Waals surface area contributed by atoms with Gasteiger partial charge in [-0.25, -0.2) is 9.18 Å². The molecular weight excluding hydrogens is 473 g/mol. The summed E-state index contributed by atoms with van der Waals surface area (Å²) in [4.78, 5) is 12.0. The number of ether oxygens (including phenoxy) is 3. The Morgan fingerprint density at radius 3 is 2.31 bits per heavy atom. The van der Waals surface area contributed by atoms with Gasteiger partial charge in [0, 0.05) is 23.4 Å². The van der Waals surface area contributed by atoms with Crippen LogP contribution in [0, 0.1) is 6.92 Å². The predicted octanol–water partition coefficient (Wildman–Crippen LogP) is 5.50. The van der Waals surface area contributed by atoms with Crippen molar-refractivity contribution >= 4 is 23.4 Å². The molecule has 0 aliphatic rings. The smallest absolute Gasteiger partial charge is 0.426 e. The number of rotatable bonds is 11. The highest BCUT2D eigenvalue weighted by Crippen LogP contribution is 2.32. The van der Waals surface area contributed by atoms with Crippen molar-refractivity contribution < 1.29 is 32.2 Å². The molecule has 36 heavy (non-hydrogen) atoms. The molecule has 0 heterocycles. The van der Waals surface area contributed by atoms with Crippen molar-refractivity contribution in [3.8, 4) is 11.5 Å². The molecule has 0 spiro atoms. The third kappa shape index (κ3) is 7.43. The fraction of sp³-hybridized carbons (Fsp3) is 0.185. The molecule has 0 amide bonds. The highest BCUT2D eigenvalue weighted by molar-refractivity contribution is 5.87. The third-order valence-corrected chi connectivity index (χ3v) is 5.05. The van der Waals surface area contributed by atoms with Gasteiger partial charge in [-0.2, -0.15) is 8.78 Å². The first-order valence-corrected chi connectivity index (χ1v) is 11.0. The van der Waals surface area contributed by atoms with Crippen LogP contribution in [0.5, 0.6) is 11.5 Å². The number of nitrogen functional groups attached to an aromatic ring is 2. The van der Waals surface area contributed by atoms with Gasteiger partial charge < -0.3 is 25.7 Å². The van der Waals surface area contributed by atoms with Crippen LogP contribution in [-0.2, 0) is 15.6 Å². The van der Waals surface area contributed by atoms with E-state index < -0.39 is 18.8 Å². The number of anilines is 2. The average molecular weight is 500 g/mol. The molecule has 0 saturated carbocycles. The molecule has 6 nitrogen and oxygen atoms in total. The third-order valence-electron chi connectivity index (χ3n) is 5.05. The number of benzene rings is 3. The Morgan fingerprint density at radius 1 is 1.00 bits per heavy atom. The van der Waals surface area contributed by atoms with Crippen LogP contribution in [0.3, 0.4) is 0 Å². The van der Waals surface area contributed by atoms with Crippen molar-refractivity contribution in [2.75, 3.05) is 31.4 Å². The fourth-order valence-corrected chi connectivity index (χ4v) is 3.21. The number of nitrogens with two attached hydrogens (primary N) is 2. The lowest BCUT2D eigenvalue weighted by Gasteiger charge is -2.18. The van der Waals surface area contributed by atoms with E-state index in [1.54, 1.807) is 18.2 Å². The number of carbonyl (C=O) groups excluding carboxylic acids is 1. The second-order valence-corrected chi connectivity index (χ2v) is 7.80. The van der Waals surface area contributed by atoms with Crippen LogP contribution in [0.2, 0.25) is 0 Å². The van der Waals surface area contributed by atoms with Crippen LogP contribution in [0.1, 0.15) is 22.6 Å². The van der Waals surface area contributed by atoms with Crippen molar-refractivity contribution in [1.29, 1.82) is 0 Å². The lowest BCUT2D eigenvalue weighted by molar-refractivity contribution is -0.185. The van der Waals surface area contributed by atoms with Gasteiger partial charge in [0.25, 0.3) is 0 Å². The normalized spacial score (nSPS) is 12.3. The van der Waals surface area contributed by atoms with Gasteiger partial charge >= 0.3 is 12.1 Å². The van der Waals surface area contributed by atoms with E-state index in [0.29, 0.717) is 16.9 Å². The Kier molecular flexibility index (Phi) is 8.83. The number of alkyl halides is 3. The van der Waals surface area contributed by atoms with E-state index in [0.717, 1.165) is 17.7 Å². The average Bonchev–Trinajstić information content (AvgIpc) is 2.85. The zero-order valence-electron chi connectivity index (χ0n) is 19.3. The standard InChI is InChI=1S/C27H26F3N2O4/c1-18(24-12-7-21(31)16-25(24)32)17-35-26(33)13-4-19-2-8-23(9-3-19)36-27(29,30)20-5-10-22(11-6-20)34-15-14-28/h2-13,16,18H,1,14-15,17,31-32H2/b13-4+. The van der Waals surface area contributed by atoms with E-state index in [4.69, 9.17) is 25.7 Å². The molecule has 3 aromatic rings. The molecular formula is C27H26F3N2O4. The van der Waals surface area contributed by atoms with Crippen LogP contribution in [0.25, 0.3) is 6.08 Å². The van der Waals surface area contributed by atoms with Crippen LogP contribution in [0.15, 0.2) is 72.8 Å². The predicted molar refractivity (Wildman–Crippen MR) is 132 cm³/mol. The Bertz CT molecular complexity index is 1180. The molecule has 9 heteroatoms. The first kappa shape index (κ1) is 26.5. The minimum absolute atomic E-state index is 0.0160. The van der Waals surface area contributed by atoms with Crippen LogP contribution in [0.4, 0.5) is 24.5 Å². The zero-order valence-corrected chi connectivity index (χ0v) is 19.3. The van der Waals surface area contributed by atoms with Crippen molar-refractivity contribution in [2.45, 2.75) is 12.0 Å². The molecule has 0 fully saturated rings. The van der Waals surface area contributed by atoms with E-state index in [1.807, 2.05) is 0 Å². The number of esters is 1. The lowest BCUT2D eigenvalue weighted by Crippen LogP contribution is -2.21. The molecule has 3 aromatic carbocycles. The van der Waals surface area contributed by atoms with E-state index in [2.05, 4.69) is 6.92 Å². The maximum absolute atomic E-state index is 14.5. The quantitative estimate of drug-likeness (QED) is 0.205. The fourth-order valence-electron chi connectivity index (χ4n) is 3.21. The van der Waals surface area contributed by atoms with Gasteiger partial charge in [0.15, 0.2) is 0 Å². The van der Waals surface area contributed by atoms with Crippen molar-refractivity contribution in [1.82, 2.24) is 0 Å². The summed E-state index contributed by atoms with van der Waals surface area (Å²) in [6.07, 6.45) is -0.898. The summed E-state index contributed by atoms with van der Waals surface area (Å²) in [6.45, 7) is 3.14. The largest absolute Gasteiger partial charge is 0.491 e. The van der Waals surface area contributed by atoms with E-state index in [-0.39, 0.29) is 36.2 Å². The molecule has 1 radical (unpaired) electrons. The maximum atomic E-state index is 14.5. The highest BCUT2D eigenvalue weighted by Gasteiger charge is 2.34. The van der Waals surface area contributed by atoms with Gasteiger partial charge in [-0.3, -0.25) is 0 Å². The van der Waals surface area contributed by atoms with Crippen molar-refractivity contribution in [3.63, 3.8) is 0 Å². The summed E-state index contributed by atoms with van der Waals surface area (Å²) >= 11 is 0. The Labute approximate surface area is 207 Å². The molecule has 0 aliphatic heterocycles. The van der Waals surface area contributed by atoms with Gasteiger partial charge in [-0.05, 0) is 72.7 Å². The van der Waals surface area contributed by atoms with Crippen molar-refractivity contribution in [3.05, 3.63) is 96.4 Å².